The van der Waals surface area contributed by atoms with Gasteiger partial charge in [0, 0.05) is 0 Å². The fraction of sp³-hybridized carbons (Fsp3) is 1.00. The van der Waals surface area contributed by atoms with E-state index in [0.29, 0.717) is 6.61 Å². The Morgan fingerprint density at radius 1 is 1.55 bits per heavy atom. The van der Waals surface area contributed by atoms with Gasteiger partial charge in [0.2, 0.25) is 0 Å². The van der Waals surface area contributed by atoms with E-state index in [4.69, 9.17) is 4.55 Å². The fourth-order valence-corrected chi connectivity index (χ4v) is 0. The molecule has 0 amide bonds. The maximum Gasteiger partial charge on any atom is 0.397 e. The van der Waals surface area contributed by atoms with Gasteiger partial charge in [0.1, 0.15) is 0 Å². The van der Waals surface area contributed by atoms with Crippen molar-refractivity contribution >= 4 is 10.4 Å². The van der Waals surface area contributed by atoms with Crippen LogP contribution in [0.1, 0.15) is 6.92 Å². The Morgan fingerprint density at radius 3 is 1.73 bits per heavy atom. The zero-order chi connectivity index (χ0) is 8.62. The third kappa shape index (κ3) is 41.6. The van der Waals surface area contributed by atoms with Crippen LogP contribution in [0.15, 0.2) is 0 Å². The van der Waals surface area contributed by atoms with Crippen LogP contribution in [0, 0.1) is 0 Å². The molecule has 0 aliphatic rings. The summed E-state index contributed by atoms with van der Waals surface area (Å²) in [5.41, 5.74) is 0. The summed E-state index contributed by atoms with van der Waals surface area (Å²) in [6.07, 6.45) is 0. The van der Waals surface area contributed by atoms with Gasteiger partial charge in [-0.2, -0.15) is 8.42 Å². The van der Waals surface area contributed by atoms with Crippen LogP contribution in [0.5, 0.6) is 0 Å². The van der Waals surface area contributed by atoms with Gasteiger partial charge < -0.3 is 11.0 Å². The first kappa shape index (κ1) is 17.0. The summed E-state index contributed by atoms with van der Waals surface area (Å²) in [6, 6.07) is 0. The molecular formula is C3H14N2O5S. The molecule has 0 aliphatic heterocycles. The van der Waals surface area contributed by atoms with Crippen LogP contribution in [0.4, 0.5) is 0 Å². The summed E-state index contributed by atoms with van der Waals surface area (Å²) in [6.45, 7) is 2.43. The Morgan fingerprint density at radius 2 is 1.73 bits per heavy atom. The minimum atomic E-state index is -4.16. The van der Waals surface area contributed by atoms with Crippen molar-refractivity contribution in [2.45, 2.75) is 6.92 Å². The quantitative estimate of drug-likeness (QED) is 0.394. The van der Waals surface area contributed by atoms with Crippen molar-refractivity contribution in [3.8, 4) is 0 Å². The highest BCUT2D eigenvalue weighted by molar-refractivity contribution is 7.80. The smallest absolute Gasteiger partial charge is 0.344 e. The lowest BCUT2D eigenvalue weighted by Gasteiger charge is -1.82. The van der Waals surface area contributed by atoms with Crippen LogP contribution in [0.2, 0.25) is 0 Å². The van der Waals surface area contributed by atoms with Crippen LogP contribution < -0.4 is 12.0 Å². The van der Waals surface area contributed by atoms with Crippen LogP contribution in [0.25, 0.3) is 0 Å². The Bertz CT molecular complexity index is 142. The van der Waals surface area contributed by atoms with Gasteiger partial charge in [-0.05, 0) is 6.92 Å². The largest absolute Gasteiger partial charge is 0.397 e. The van der Waals surface area contributed by atoms with E-state index in [1.54, 1.807) is 0 Å². The van der Waals surface area contributed by atoms with Crippen molar-refractivity contribution in [2.24, 2.45) is 5.90 Å². The number of hydrogen-bond acceptors (Lipinski definition) is 6. The van der Waals surface area contributed by atoms with Crippen molar-refractivity contribution in [1.29, 1.82) is 0 Å². The van der Waals surface area contributed by atoms with E-state index in [1.165, 1.54) is 0 Å². The van der Waals surface area contributed by atoms with E-state index in [0.717, 1.165) is 7.11 Å². The molecule has 0 aromatic carbocycles. The molecule has 11 heavy (non-hydrogen) atoms. The number of hydrogen-bond donors (Lipinski definition) is 3. The molecule has 0 heterocycles. The average Bonchev–Trinajstić information content (AvgIpc) is 1.87. The molecule has 0 aromatic heterocycles. The highest BCUT2D eigenvalue weighted by atomic mass is 32.3. The predicted molar refractivity (Wildman–Crippen MR) is 39.4 cm³/mol. The lowest BCUT2D eigenvalue weighted by atomic mass is 10.9. The first-order valence-electron chi connectivity index (χ1n) is 2.32. The van der Waals surface area contributed by atoms with Gasteiger partial charge in [0.15, 0.2) is 0 Å². The first-order valence-corrected chi connectivity index (χ1v) is 3.69. The zero-order valence-electron chi connectivity index (χ0n) is 6.48. The molecule has 0 bridgehead atoms. The van der Waals surface area contributed by atoms with Crippen molar-refractivity contribution in [2.75, 3.05) is 13.7 Å². The van der Waals surface area contributed by atoms with Crippen LogP contribution in [-0.4, -0.2) is 26.7 Å². The molecule has 6 N–H and O–H groups in total. The molecule has 8 heteroatoms. The lowest BCUT2D eigenvalue weighted by molar-refractivity contribution is 0.152. The molecule has 0 saturated carbocycles. The lowest BCUT2D eigenvalue weighted by Crippen LogP contribution is -1.96. The second-order valence-electron chi connectivity index (χ2n) is 1.05. The highest BCUT2D eigenvalue weighted by Gasteiger charge is 1.93. The van der Waals surface area contributed by atoms with E-state index in [1.807, 2.05) is 6.92 Å². The van der Waals surface area contributed by atoms with Crippen LogP contribution in [-0.2, 0) is 19.4 Å². The molecule has 0 atom stereocenters. The summed E-state index contributed by atoms with van der Waals surface area (Å²) < 4.78 is 29.7. The van der Waals surface area contributed by atoms with Gasteiger partial charge in [-0.15, -0.1) is 0 Å². The molecule has 0 unspecified atom stereocenters. The normalized spacial score (nSPS) is 9.09. The van der Waals surface area contributed by atoms with Gasteiger partial charge >= 0.3 is 10.4 Å². The molecule has 0 radical (unpaired) electrons. The van der Waals surface area contributed by atoms with E-state index < -0.39 is 10.4 Å². The van der Waals surface area contributed by atoms with E-state index >= 15 is 0 Å². The maximum atomic E-state index is 9.33. The maximum absolute atomic E-state index is 9.33. The molecule has 0 saturated heterocycles. The Kier molecular flexibility index (Phi) is 15.1. The van der Waals surface area contributed by atoms with Gasteiger partial charge in [-0.1, -0.05) is 0 Å². The number of rotatable bonds is 2. The summed E-state index contributed by atoms with van der Waals surface area (Å²) in [5, 5.41) is 0. The van der Waals surface area contributed by atoms with Crippen molar-refractivity contribution < 1.29 is 22.0 Å². The Hall–Kier alpha value is -0.250. The summed E-state index contributed by atoms with van der Waals surface area (Å²) in [4.78, 5) is 4.04. The summed E-state index contributed by atoms with van der Waals surface area (Å²) >= 11 is 0. The third-order valence-electron chi connectivity index (χ3n) is 0.377. The summed E-state index contributed by atoms with van der Waals surface area (Å²) in [7, 11) is -3.29. The standard InChI is InChI=1S/C2H7NO.CH4O4S.H3N/c1-2-4-3;1-5-6(2,3)4;/h2-3H2,1H3;1H3,(H,2,3,4);1H3. The van der Waals surface area contributed by atoms with Crippen molar-refractivity contribution in [3.63, 3.8) is 0 Å². The highest BCUT2D eigenvalue weighted by Crippen LogP contribution is 1.74. The molecule has 0 aliphatic carbocycles. The number of nitrogens with two attached hydrogens (primary N) is 1. The monoisotopic (exact) mass is 190 g/mol. The van der Waals surface area contributed by atoms with Gasteiger partial charge in [0.25, 0.3) is 0 Å². The first-order chi connectivity index (χ1) is 4.47. The molecule has 0 rings (SSSR count). The van der Waals surface area contributed by atoms with Crippen LogP contribution >= 0.6 is 0 Å². The second-order valence-corrected chi connectivity index (χ2v) is 2.24. The predicted octanol–water partition coefficient (Wildman–Crippen LogP) is -0.506. The molecule has 0 aromatic rings. The Balaban J connectivity index is -0.000000114. The fourth-order valence-electron chi connectivity index (χ4n) is 0. The van der Waals surface area contributed by atoms with Crippen molar-refractivity contribution in [1.82, 2.24) is 6.15 Å². The molecule has 72 valence electrons. The Labute approximate surface area is 66.0 Å². The molecule has 0 fully saturated rings. The molecular weight excluding hydrogens is 176 g/mol. The average molecular weight is 190 g/mol. The second kappa shape index (κ2) is 9.75. The van der Waals surface area contributed by atoms with Gasteiger partial charge in [-0.25, -0.2) is 5.90 Å². The van der Waals surface area contributed by atoms with Gasteiger partial charge in [0.05, 0.1) is 13.7 Å². The molecule has 7 nitrogen and oxygen atoms in total. The minimum Gasteiger partial charge on any atom is -0.344 e. The van der Waals surface area contributed by atoms with Gasteiger partial charge in [-0.3, -0.25) is 8.74 Å². The SMILES string of the molecule is CCON.COS(=O)(=O)O.N. The van der Waals surface area contributed by atoms with E-state index in [9.17, 15) is 8.42 Å². The minimum absolute atomic E-state index is 0. The third-order valence-corrected chi connectivity index (χ3v) is 0.799. The zero-order valence-corrected chi connectivity index (χ0v) is 7.30. The van der Waals surface area contributed by atoms with E-state index in [-0.39, 0.29) is 6.15 Å². The summed E-state index contributed by atoms with van der Waals surface area (Å²) in [5.74, 6) is 4.53. The van der Waals surface area contributed by atoms with E-state index in [2.05, 4.69) is 14.9 Å². The molecule has 0 spiro atoms. The van der Waals surface area contributed by atoms with Crippen LogP contribution in [0.3, 0.4) is 0 Å². The topological polar surface area (TPSA) is 134 Å². The van der Waals surface area contributed by atoms with Crippen molar-refractivity contribution in [3.05, 3.63) is 0 Å².